The van der Waals surface area contributed by atoms with E-state index in [0.29, 0.717) is 5.88 Å². The van der Waals surface area contributed by atoms with Gasteiger partial charge in [0.05, 0.1) is 5.52 Å². The lowest BCUT2D eigenvalue weighted by Gasteiger charge is -2.28. The molecule has 1 aliphatic rings. The van der Waals surface area contributed by atoms with Crippen LogP contribution in [0.25, 0.3) is 10.9 Å². The van der Waals surface area contributed by atoms with Crippen LogP contribution in [0.2, 0.25) is 0 Å². The maximum Gasteiger partial charge on any atom is 0.129 e. The van der Waals surface area contributed by atoms with Crippen LogP contribution in [0.1, 0.15) is 37.7 Å². The summed E-state index contributed by atoms with van der Waals surface area (Å²) in [4.78, 5) is 7.12. The van der Waals surface area contributed by atoms with Crippen LogP contribution in [0.4, 0.5) is 5.82 Å². The standard InChI is InChI=1S/C18H23ClN2/c1-21(13-14-7-3-2-4-8-14)18-11-15(12-19)16-9-5-6-10-17(16)20-18/h5-6,9-11,14H,2-4,7-8,12-13H2,1H3. The van der Waals surface area contributed by atoms with Crippen LogP contribution in [0.5, 0.6) is 0 Å². The predicted molar refractivity (Wildman–Crippen MR) is 91.1 cm³/mol. The molecule has 0 saturated heterocycles. The number of hydrogen-bond acceptors (Lipinski definition) is 2. The first-order valence-corrected chi connectivity index (χ1v) is 8.47. The van der Waals surface area contributed by atoms with Crippen LogP contribution in [0.3, 0.4) is 0 Å². The van der Waals surface area contributed by atoms with Gasteiger partial charge in [-0.05, 0) is 36.5 Å². The average Bonchev–Trinajstić information content (AvgIpc) is 2.54. The molecule has 0 radical (unpaired) electrons. The lowest BCUT2D eigenvalue weighted by atomic mass is 9.89. The molecule has 0 N–H and O–H groups in total. The summed E-state index contributed by atoms with van der Waals surface area (Å²) < 4.78 is 0. The van der Waals surface area contributed by atoms with Gasteiger partial charge in [-0.25, -0.2) is 4.98 Å². The Hall–Kier alpha value is -1.28. The molecule has 3 heteroatoms. The summed E-state index contributed by atoms with van der Waals surface area (Å²) in [6.07, 6.45) is 6.90. The molecule has 112 valence electrons. The maximum absolute atomic E-state index is 6.13. The number of halogens is 1. The Morgan fingerprint density at radius 2 is 1.95 bits per heavy atom. The quantitative estimate of drug-likeness (QED) is 0.740. The van der Waals surface area contributed by atoms with E-state index in [4.69, 9.17) is 16.6 Å². The van der Waals surface area contributed by atoms with Gasteiger partial charge in [-0.15, -0.1) is 11.6 Å². The summed E-state index contributed by atoms with van der Waals surface area (Å²) in [5.41, 5.74) is 2.22. The average molecular weight is 303 g/mol. The molecule has 0 spiro atoms. The third kappa shape index (κ3) is 3.32. The second-order valence-corrected chi connectivity index (χ2v) is 6.44. The summed E-state index contributed by atoms with van der Waals surface area (Å²) >= 11 is 6.13. The number of anilines is 1. The van der Waals surface area contributed by atoms with Gasteiger partial charge in [0.2, 0.25) is 0 Å². The van der Waals surface area contributed by atoms with E-state index in [1.807, 2.05) is 12.1 Å². The lowest BCUT2D eigenvalue weighted by Crippen LogP contribution is -2.27. The van der Waals surface area contributed by atoms with Gasteiger partial charge in [0.15, 0.2) is 0 Å². The monoisotopic (exact) mass is 302 g/mol. The minimum Gasteiger partial charge on any atom is -0.359 e. The smallest absolute Gasteiger partial charge is 0.129 e. The van der Waals surface area contributed by atoms with Crippen molar-refractivity contribution >= 4 is 28.3 Å². The van der Waals surface area contributed by atoms with Gasteiger partial charge in [-0.2, -0.15) is 0 Å². The number of nitrogens with zero attached hydrogens (tertiary/aromatic N) is 2. The van der Waals surface area contributed by atoms with Gasteiger partial charge in [-0.1, -0.05) is 37.5 Å². The van der Waals surface area contributed by atoms with Crippen molar-refractivity contribution in [3.8, 4) is 0 Å². The van der Waals surface area contributed by atoms with Gasteiger partial charge < -0.3 is 4.90 Å². The molecule has 1 fully saturated rings. The van der Waals surface area contributed by atoms with Gasteiger partial charge in [0, 0.05) is 24.9 Å². The van der Waals surface area contributed by atoms with Crippen LogP contribution in [-0.2, 0) is 5.88 Å². The Morgan fingerprint density at radius 3 is 2.71 bits per heavy atom. The van der Waals surface area contributed by atoms with E-state index in [2.05, 4.69) is 30.1 Å². The minimum absolute atomic E-state index is 0.535. The predicted octanol–water partition coefficient (Wildman–Crippen LogP) is 4.99. The zero-order chi connectivity index (χ0) is 14.7. The summed E-state index contributed by atoms with van der Waals surface area (Å²) in [5.74, 6) is 2.40. The SMILES string of the molecule is CN(CC1CCCCC1)c1cc(CCl)c2ccccc2n1. The van der Waals surface area contributed by atoms with E-state index in [1.54, 1.807) is 0 Å². The van der Waals surface area contributed by atoms with Crippen LogP contribution < -0.4 is 4.90 Å². The zero-order valence-corrected chi connectivity index (χ0v) is 13.4. The summed E-state index contributed by atoms with van der Waals surface area (Å²) in [6.45, 7) is 1.10. The number of fused-ring (bicyclic) bond motifs is 1. The van der Waals surface area contributed by atoms with E-state index >= 15 is 0 Å². The number of hydrogen-bond donors (Lipinski definition) is 0. The minimum atomic E-state index is 0.535. The summed E-state index contributed by atoms with van der Waals surface area (Å²) in [7, 11) is 2.16. The molecule has 0 bridgehead atoms. The second kappa shape index (κ2) is 6.65. The molecule has 0 unspecified atom stereocenters. The Labute approximate surface area is 132 Å². The molecule has 3 rings (SSSR count). The highest BCUT2D eigenvalue weighted by molar-refractivity contribution is 6.18. The first kappa shape index (κ1) is 14.6. The number of aromatic nitrogens is 1. The molecule has 21 heavy (non-hydrogen) atoms. The maximum atomic E-state index is 6.13. The topological polar surface area (TPSA) is 16.1 Å². The van der Waals surface area contributed by atoms with Crippen molar-refractivity contribution in [2.45, 2.75) is 38.0 Å². The number of para-hydroxylation sites is 1. The van der Waals surface area contributed by atoms with Crippen molar-refractivity contribution in [1.29, 1.82) is 0 Å². The molecular formula is C18H23ClN2. The highest BCUT2D eigenvalue weighted by Gasteiger charge is 2.17. The fraction of sp³-hybridized carbons (Fsp3) is 0.500. The van der Waals surface area contributed by atoms with Crippen LogP contribution in [0.15, 0.2) is 30.3 Å². The molecule has 1 aromatic heterocycles. The van der Waals surface area contributed by atoms with Gasteiger partial charge in [-0.3, -0.25) is 0 Å². The molecule has 0 amide bonds. The van der Waals surface area contributed by atoms with Crippen LogP contribution >= 0.6 is 11.6 Å². The molecule has 2 aromatic rings. The van der Waals surface area contributed by atoms with Gasteiger partial charge in [0.1, 0.15) is 5.82 Å². The fourth-order valence-electron chi connectivity index (χ4n) is 3.39. The lowest BCUT2D eigenvalue weighted by molar-refractivity contribution is 0.361. The molecule has 1 aromatic carbocycles. The first-order valence-electron chi connectivity index (χ1n) is 7.93. The second-order valence-electron chi connectivity index (χ2n) is 6.17. The van der Waals surface area contributed by atoms with E-state index in [1.165, 1.54) is 43.1 Å². The zero-order valence-electron chi connectivity index (χ0n) is 12.7. The third-order valence-corrected chi connectivity index (χ3v) is 4.87. The van der Waals surface area contributed by atoms with Crippen molar-refractivity contribution in [3.05, 3.63) is 35.9 Å². The highest BCUT2D eigenvalue weighted by Crippen LogP contribution is 2.27. The number of benzene rings is 1. The van der Waals surface area contributed by atoms with E-state index in [0.717, 1.165) is 23.8 Å². The largest absolute Gasteiger partial charge is 0.359 e. The molecule has 1 aliphatic carbocycles. The fourth-order valence-corrected chi connectivity index (χ4v) is 3.61. The molecule has 1 saturated carbocycles. The Bertz CT molecular complexity index is 605. The van der Waals surface area contributed by atoms with Crippen molar-refractivity contribution in [3.63, 3.8) is 0 Å². The molecule has 0 atom stereocenters. The summed E-state index contributed by atoms with van der Waals surface area (Å²) in [5, 5.41) is 1.17. The third-order valence-electron chi connectivity index (χ3n) is 4.58. The molecule has 0 aliphatic heterocycles. The molecular weight excluding hydrogens is 280 g/mol. The Kier molecular flexibility index (Phi) is 4.64. The van der Waals surface area contributed by atoms with E-state index < -0.39 is 0 Å². The molecule has 1 heterocycles. The van der Waals surface area contributed by atoms with Gasteiger partial charge >= 0.3 is 0 Å². The first-order chi connectivity index (χ1) is 10.3. The van der Waals surface area contributed by atoms with E-state index in [-0.39, 0.29) is 0 Å². The van der Waals surface area contributed by atoms with Crippen molar-refractivity contribution in [2.75, 3.05) is 18.5 Å². The van der Waals surface area contributed by atoms with Crippen molar-refractivity contribution in [2.24, 2.45) is 5.92 Å². The van der Waals surface area contributed by atoms with Crippen molar-refractivity contribution < 1.29 is 0 Å². The highest BCUT2D eigenvalue weighted by atomic mass is 35.5. The molecule has 2 nitrogen and oxygen atoms in total. The summed E-state index contributed by atoms with van der Waals surface area (Å²) in [6, 6.07) is 10.4. The van der Waals surface area contributed by atoms with E-state index in [9.17, 15) is 0 Å². The number of alkyl halides is 1. The number of pyridine rings is 1. The van der Waals surface area contributed by atoms with Crippen LogP contribution in [-0.4, -0.2) is 18.6 Å². The normalized spacial score (nSPS) is 16.3. The Balaban J connectivity index is 1.85. The van der Waals surface area contributed by atoms with Crippen LogP contribution in [0, 0.1) is 5.92 Å². The Morgan fingerprint density at radius 1 is 1.19 bits per heavy atom. The number of rotatable bonds is 4. The van der Waals surface area contributed by atoms with Crippen molar-refractivity contribution in [1.82, 2.24) is 4.98 Å². The van der Waals surface area contributed by atoms with Gasteiger partial charge in [0.25, 0.3) is 0 Å².